The number of nitrogens with zero attached hydrogens (tertiary/aromatic N) is 4. The van der Waals surface area contributed by atoms with Crippen molar-refractivity contribution >= 4 is 34.8 Å². The highest BCUT2D eigenvalue weighted by Gasteiger charge is 2.18. The van der Waals surface area contributed by atoms with Gasteiger partial charge in [-0.05, 0) is 35.0 Å². The lowest BCUT2D eigenvalue weighted by Crippen LogP contribution is -2.15. The van der Waals surface area contributed by atoms with Crippen LogP contribution in [0.5, 0.6) is 0 Å². The summed E-state index contributed by atoms with van der Waals surface area (Å²) in [7, 11) is 0. The third-order valence-electron chi connectivity index (χ3n) is 3.39. The fraction of sp³-hybridized carbons (Fsp3) is 0.188. The molecule has 8 heteroatoms. The van der Waals surface area contributed by atoms with Crippen molar-refractivity contribution in [2.45, 2.75) is 19.3 Å². The van der Waals surface area contributed by atoms with Crippen LogP contribution in [0, 0.1) is 0 Å². The molecule has 1 atom stereocenters. The molecule has 1 aromatic heterocycles. The Hall–Kier alpha value is -1.66. The predicted molar refractivity (Wildman–Crippen MR) is 93.3 cm³/mol. The highest BCUT2D eigenvalue weighted by Crippen LogP contribution is 2.30. The fourth-order valence-electron chi connectivity index (χ4n) is 2.20. The zero-order valence-corrected chi connectivity index (χ0v) is 14.7. The van der Waals surface area contributed by atoms with Crippen LogP contribution in [-0.2, 0) is 17.9 Å². The summed E-state index contributed by atoms with van der Waals surface area (Å²) in [6, 6.07) is 12.8. The van der Waals surface area contributed by atoms with Gasteiger partial charge in [0.1, 0.15) is 6.10 Å². The molecule has 3 rings (SSSR count). The highest BCUT2D eigenvalue weighted by molar-refractivity contribution is 6.35. The number of hydrogen-bond acceptors (Lipinski definition) is 4. The maximum atomic E-state index is 6.32. The fourth-order valence-corrected chi connectivity index (χ4v) is 2.86. The number of rotatable bonds is 6. The summed E-state index contributed by atoms with van der Waals surface area (Å²) in [5.74, 6) is 0. The number of ether oxygens (including phenoxy) is 1. The van der Waals surface area contributed by atoms with Crippen LogP contribution in [0.1, 0.15) is 17.2 Å². The normalized spacial score (nSPS) is 12.3. The maximum absolute atomic E-state index is 6.32. The number of halogens is 3. The third kappa shape index (κ3) is 4.45. The molecule has 0 N–H and O–H groups in total. The van der Waals surface area contributed by atoms with E-state index < -0.39 is 0 Å². The lowest BCUT2D eigenvalue weighted by Gasteiger charge is -2.19. The highest BCUT2D eigenvalue weighted by atomic mass is 35.5. The predicted octanol–water partition coefficient (Wildman–Crippen LogP) is 4.59. The summed E-state index contributed by atoms with van der Waals surface area (Å²) in [6.45, 7) is 0.782. The van der Waals surface area contributed by atoms with E-state index in [4.69, 9.17) is 39.5 Å². The standard InChI is InChI=1S/C16H13Cl3N4O/c17-12-3-1-11(2-4-12)9-24-16(8-23-21-10-20-22-23)14-6-5-13(18)7-15(14)19/h1-7,10,16H,8-9H2. The van der Waals surface area contributed by atoms with Crippen molar-refractivity contribution in [2.75, 3.05) is 0 Å². The average Bonchev–Trinajstić information content (AvgIpc) is 3.06. The van der Waals surface area contributed by atoms with E-state index in [2.05, 4.69) is 15.4 Å². The molecule has 124 valence electrons. The Morgan fingerprint density at radius 2 is 1.75 bits per heavy atom. The van der Waals surface area contributed by atoms with Gasteiger partial charge in [0.15, 0.2) is 6.33 Å². The summed E-state index contributed by atoms with van der Waals surface area (Å²) >= 11 is 18.2. The van der Waals surface area contributed by atoms with Crippen LogP contribution in [-0.4, -0.2) is 20.2 Å². The van der Waals surface area contributed by atoms with Gasteiger partial charge >= 0.3 is 0 Å². The van der Waals surface area contributed by atoms with Crippen LogP contribution in [0.25, 0.3) is 0 Å². The van der Waals surface area contributed by atoms with Crippen molar-refractivity contribution in [1.29, 1.82) is 0 Å². The Morgan fingerprint density at radius 3 is 2.42 bits per heavy atom. The quantitative estimate of drug-likeness (QED) is 0.624. The Bertz CT molecular complexity index is 794. The van der Waals surface area contributed by atoms with Crippen molar-refractivity contribution < 1.29 is 4.74 Å². The van der Waals surface area contributed by atoms with Crippen LogP contribution < -0.4 is 0 Å². The SMILES string of the molecule is Clc1ccc(COC(Cn2ncnn2)c2ccc(Cl)cc2Cl)cc1. The molecule has 1 unspecified atom stereocenters. The lowest BCUT2D eigenvalue weighted by atomic mass is 10.1. The number of benzene rings is 2. The Kier molecular flexibility index (Phi) is 5.68. The molecule has 2 aromatic carbocycles. The molecule has 0 saturated carbocycles. The summed E-state index contributed by atoms with van der Waals surface area (Å²) in [5, 5.41) is 13.4. The van der Waals surface area contributed by atoms with Gasteiger partial charge < -0.3 is 4.74 Å². The molecular formula is C16H13Cl3N4O. The van der Waals surface area contributed by atoms with Gasteiger partial charge in [0.25, 0.3) is 0 Å². The van der Waals surface area contributed by atoms with E-state index in [1.807, 2.05) is 30.3 Å². The largest absolute Gasteiger partial charge is 0.367 e. The van der Waals surface area contributed by atoms with E-state index in [1.54, 1.807) is 12.1 Å². The smallest absolute Gasteiger partial charge is 0.162 e. The first-order valence-corrected chi connectivity index (χ1v) is 8.27. The van der Waals surface area contributed by atoms with Crippen molar-refractivity contribution in [2.24, 2.45) is 0 Å². The van der Waals surface area contributed by atoms with Crippen LogP contribution >= 0.6 is 34.8 Å². The molecule has 0 saturated heterocycles. The molecular weight excluding hydrogens is 371 g/mol. The Balaban J connectivity index is 1.80. The molecule has 24 heavy (non-hydrogen) atoms. The Labute approximate surface area is 154 Å². The Morgan fingerprint density at radius 1 is 1.00 bits per heavy atom. The van der Waals surface area contributed by atoms with E-state index in [0.717, 1.165) is 11.1 Å². The summed E-state index contributed by atoms with van der Waals surface area (Å²) in [6.07, 6.45) is 1.03. The molecule has 0 aliphatic rings. The molecule has 0 bridgehead atoms. The molecule has 5 nitrogen and oxygen atoms in total. The van der Waals surface area contributed by atoms with Crippen molar-refractivity contribution in [3.63, 3.8) is 0 Å². The zero-order chi connectivity index (χ0) is 16.9. The number of aromatic nitrogens is 4. The van der Waals surface area contributed by atoms with Crippen molar-refractivity contribution in [3.05, 3.63) is 75.0 Å². The molecule has 0 spiro atoms. The minimum atomic E-state index is -0.348. The van der Waals surface area contributed by atoms with Gasteiger partial charge in [-0.15, -0.1) is 10.2 Å². The van der Waals surface area contributed by atoms with Crippen LogP contribution in [0.15, 0.2) is 48.8 Å². The first-order chi connectivity index (χ1) is 11.6. The second-order valence-electron chi connectivity index (χ2n) is 5.08. The van der Waals surface area contributed by atoms with Gasteiger partial charge in [-0.3, -0.25) is 0 Å². The molecule has 1 heterocycles. The lowest BCUT2D eigenvalue weighted by molar-refractivity contribution is 0.0227. The molecule has 0 fully saturated rings. The van der Waals surface area contributed by atoms with Gasteiger partial charge in [-0.1, -0.05) is 53.0 Å². The minimum Gasteiger partial charge on any atom is -0.367 e. The molecule has 0 aliphatic carbocycles. The van der Waals surface area contributed by atoms with E-state index in [0.29, 0.717) is 28.2 Å². The average molecular weight is 384 g/mol. The van der Waals surface area contributed by atoms with Gasteiger partial charge in [0.05, 0.1) is 13.2 Å². The molecule has 0 amide bonds. The van der Waals surface area contributed by atoms with Gasteiger partial charge in [-0.2, -0.15) is 4.80 Å². The van der Waals surface area contributed by atoms with E-state index in [-0.39, 0.29) is 6.10 Å². The summed E-state index contributed by atoms with van der Waals surface area (Å²) < 4.78 is 6.05. The monoisotopic (exact) mass is 382 g/mol. The second kappa shape index (κ2) is 7.94. The first-order valence-electron chi connectivity index (χ1n) is 7.13. The van der Waals surface area contributed by atoms with Crippen molar-refractivity contribution in [1.82, 2.24) is 20.2 Å². The van der Waals surface area contributed by atoms with E-state index in [9.17, 15) is 0 Å². The van der Waals surface area contributed by atoms with Crippen molar-refractivity contribution in [3.8, 4) is 0 Å². The van der Waals surface area contributed by atoms with Gasteiger partial charge in [0, 0.05) is 20.6 Å². The van der Waals surface area contributed by atoms with Gasteiger partial charge in [-0.25, -0.2) is 0 Å². The zero-order valence-electron chi connectivity index (χ0n) is 12.4. The van der Waals surface area contributed by atoms with E-state index >= 15 is 0 Å². The first kappa shape index (κ1) is 17.2. The number of tetrazole rings is 1. The maximum Gasteiger partial charge on any atom is 0.162 e. The molecule has 0 radical (unpaired) electrons. The summed E-state index contributed by atoms with van der Waals surface area (Å²) in [5.41, 5.74) is 1.81. The van der Waals surface area contributed by atoms with Crippen LogP contribution in [0.3, 0.4) is 0 Å². The molecule has 3 aromatic rings. The number of hydrogen-bond donors (Lipinski definition) is 0. The summed E-state index contributed by atoms with van der Waals surface area (Å²) in [4.78, 5) is 1.46. The van der Waals surface area contributed by atoms with Gasteiger partial charge in [0.2, 0.25) is 0 Å². The third-order valence-corrected chi connectivity index (χ3v) is 4.21. The van der Waals surface area contributed by atoms with Crippen LogP contribution in [0.2, 0.25) is 15.1 Å². The molecule has 0 aliphatic heterocycles. The topological polar surface area (TPSA) is 52.8 Å². The van der Waals surface area contributed by atoms with E-state index in [1.165, 1.54) is 11.1 Å². The van der Waals surface area contributed by atoms with Crippen LogP contribution in [0.4, 0.5) is 0 Å². The second-order valence-corrected chi connectivity index (χ2v) is 6.36. The minimum absolute atomic E-state index is 0.348.